The summed E-state index contributed by atoms with van der Waals surface area (Å²) in [5.41, 5.74) is 0.983. The second kappa shape index (κ2) is 9.37. The van der Waals surface area contributed by atoms with Crippen LogP contribution in [0.2, 0.25) is 0 Å². The van der Waals surface area contributed by atoms with E-state index in [1.165, 1.54) is 0 Å². The highest BCUT2D eigenvalue weighted by molar-refractivity contribution is 7.89. The second-order valence-corrected chi connectivity index (χ2v) is 9.19. The van der Waals surface area contributed by atoms with Gasteiger partial charge in [0.1, 0.15) is 0 Å². The second-order valence-electron chi connectivity index (χ2n) is 7.25. The van der Waals surface area contributed by atoms with Gasteiger partial charge in [0.2, 0.25) is 10.0 Å². The molecule has 0 aliphatic carbocycles. The van der Waals surface area contributed by atoms with Crippen LogP contribution in [0.4, 0.5) is 0 Å². The van der Waals surface area contributed by atoms with Gasteiger partial charge >= 0.3 is 0 Å². The molecule has 0 amide bonds. The third-order valence-electron chi connectivity index (χ3n) is 4.37. The summed E-state index contributed by atoms with van der Waals surface area (Å²) in [5, 5.41) is 6.47. The molecule has 1 aromatic rings. The summed E-state index contributed by atoms with van der Waals surface area (Å²) in [7, 11) is -3.39. The lowest BCUT2D eigenvalue weighted by Crippen LogP contribution is -2.41. The van der Waals surface area contributed by atoms with Crippen LogP contribution in [0.15, 0.2) is 34.2 Å². The molecule has 1 heterocycles. The number of rotatable bonds is 6. The first-order valence-electron chi connectivity index (χ1n) is 9.47. The van der Waals surface area contributed by atoms with Crippen molar-refractivity contribution in [3.8, 4) is 0 Å². The Morgan fingerprint density at radius 1 is 1.31 bits per heavy atom. The molecule has 0 radical (unpaired) electrons. The van der Waals surface area contributed by atoms with Crippen molar-refractivity contribution >= 4 is 16.0 Å². The topological polar surface area (TPSA) is 73.8 Å². The van der Waals surface area contributed by atoms with E-state index in [-0.39, 0.29) is 0 Å². The molecular weight excluding hydrogens is 348 g/mol. The zero-order valence-electron chi connectivity index (χ0n) is 16.3. The van der Waals surface area contributed by atoms with E-state index in [4.69, 9.17) is 0 Å². The van der Waals surface area contributed by atoms with Crippen LogP contribution in [0, 0.1) is 5.92 Å². The Morgan fingerprint density at radius 2 is 2.00 bits per heavy atom. The van der Waals surface area contributed by atoms with Crippen molar-refractivity contribution in [1.29, 1.82) is 0 Å². The average molecular weight is 381 g/mol. The maximum absolute atomic E-state index is 12.8. The Bertz CT molecular complexity index is 699. The molecule has 7 heteroatoms. The van der Waals surface area contributed by atoms with Crippen molar-refractivity contribution in [3.63, 3.8) is 0 Å². The number of hydrogen-bond donors (Lipinski definition) is 2. The van der Waals surface area contributed by atoms with Gasteiger partial charge in [0.05, 0.1) is 11.4 Å². The van der Waals surface area contributed by atoms with Crippen LogP contribution in [-0.4, -0.2) is 44.4 Å². The molecule has 1 unspecified atom stereocenters. The van der Waals surface area contributed by atoms with E-state index in [0.29, 0.717) is 36.5 Å². The van der Waals surface area contributed by atoms with E-state index < -0.39 is 10.0 Å². The third kappa shape index (κ3) is 5.71. The summed E-state index contributed by atoms with van der Waals surface area (Å²) in [4.78, 5) is 4.92. The number of piperidine rings is 1. The fourth-order valence-corrected chi connectivity index (χ4v) is 4.64. The van der Waals surface area contributed by atoms with E-state index in [1.807, 2.05) is 19.1 Å². The summed E-state index contributed by atoms with van der Waals surface area (Å²) in [6, 6.07) is 7.39. The first kappa shape index (κ1) is 20.7. The SMILES string of the molecule is CCNC(=NCc1ccc(S(=O)(=O)N2CCCC(C)C2)cc1)NC(C)C. The Hall–Kier alpha value is -1.60. The average Bonchev–Trinajstić information content (AvgIpc) is 2.60. The molecule has 2 rings (SSSR count). The standard InChI is InChI=1S/C19H32N4O2S/c1-5-20-19(22-15(2)3)21-13-17-8-10-18(11-9-17)26(24,25)23-12-6-7-16(4)14-23/h8-11,15-16H,5-7,12-14H2,1-4H3,(H2,20,21,22). The fraction of sp³-hybridized carbons (Fsp3) is 0.632. The molecule has 2 N–H and O–H groups in total. The zero-order chi connectivity index (χ0) is 19.2. The largest absolute Gasteiger partial charge is 0.357 e. The van der Waals surface area contributed by atoms with Gasteiger partial charge in [0, 0.05) is 25.7 Å². The Labute approximate surface area is 158 Å². The number of aliphatic imine (C=N–C) groups is 1. The maximum Gasteiger partial charge on any atom is 0.243 e. The molecule has 26 heavy (non-hydrogen) atoms. The highest BCUT2D eigenvalue weighted by Gasteiger charge is 2.28. The van der Waals surface area contributed by atoms with E-state index >= 15 is 0 Å². The quantitative estimate of drug-likeness (QED) is 0.588. The molecule has 1 fully saturated rings. The molecule has 0 bridgehead atoms. The highest BCUT2D eigenvalue weighted by Crippen LogP contribution is 2.23. The normalized spacial score (nSPS) is 19.6. The molecule has 0 saturated carbocycles. The molecule has 1 saturated heterocycles. The van der Waals surface area contributed by atoms with Gasteiger partial charge in [0.15, 0.2) is 5.96 Å². The minimum Gasteiger partial charge on any atom is -0.357 e. The zero-order valence-corrected chi connectivity index (χ0v) is 17.1. The van der Waals surface area contributed by atoms with E-state index in [1.54, 1.807) is 16.4 Å². The summed E-state index contributed by atoms with van der Waals surface area (Å²) < 4.78 is 27.2. The number of benzene rings is 1. The van der Waals surface area contributed by atoms with Crippen LogP contribution < -0.4 is 10.6 Å². The van der Waals surface area contributed by atoms with Crippen molar-refractivity contribution in [2.45, 2.75) is 58.0 Å². The third-order valence-corrected chi connectivity index (χ3v) is 6.25. The van der Waals surface area contributed by atoms with Gasteiger partial charge in [-0.05, 0) is 57.2 Å². The maximum atomic E-state index is 12.8. The van der Waals surface area contributed by atoms with Crippen LogP contribution in [0.3, 0.4) is 0 Å². The number of hydrogen-bond acceptors (Lipinski definition) is 3. The Balaban J connectivity index is 2.07. The van der Waals surface area contributed by atoms with Gasteiger partial charge in [-0.15, -0.1) is 0 Å². The van der Waals surface area contributed by atoms with Crippen LogP contribution in [0.25, 0.3) is 0 Å². The summed E-state index contributed by atoms with van der Waals surface area (Å²) >= 11 is 0. The molecule has 1 aliphatic heterocycles. The fourth-order valence-electron chi connectivity index (χ4n) is 3.04. The lowest BCUT2D eigenvalue weighted by atomic mass is 10.0. The summed E-state index contributed by atoms with van der Waals surface area (Å²) in [5.74, 6) is 1.19. The molecule has 1 atom stereocenters. The van der Waals surface area contributed by atoms with E-state index in [9.17, 15) is 8.42 Å². The number of nitrogens with one attached hydrogen (secondary N) is 2. The summed E-state index contributed by atoms with van der Waals surface area (Å²) in [6.45, 7) is 10.8. The van der Waals surface area contributed by atoms with Crippen molar-refractivity contribution in [3.05, 3.63) is 29.8 Å². The van der Waals surface area contributed by atoms with Crippen molar-refractivity contribution in [2.75, 3.05) is 19.6 Å². The number of nitrogens with zero attached hydrogens (tertiary/aromatic N) is 2. The van der Waals surface area contributed by atoms with Gasteiger partial charge in [-0.2, -0.15) is 4.31 Å². The van der Waals surface area contributed by atoms with Crippen LogP contribution in [0.5, 0.6) is 0 Å². The van der Waals surface area contributed by atoms with Crippen LogP contribution in [0.1, 0.15) is 46.1 Å². The van der Waals surface area contributed by atoms with E-state index in [2.05, 4.69) is 36.4 Å². The van der Waals surface area contributed by atoms with Gasteiger partial charge in [0.25, 0.3) is 0 Å². The minimum absolute atomic E-state index is 0.298. The van der Waals surface area contributed by atoms with Crippen molar-refractivity contribution in [2.24, 2.45) is 10.9 Å². The predicted octanol–water partition coefficient (Wildman–Crippen LogP) is 2.57. The van der Waals surface area contributed by atoms with Gasteiger partial charge in [-0.1, -0.05) is 19.1 Å². The van der Waals surface area contributed by atoms with Crippen molar-refractivity contribution in [1.82, 2.24) is 14.9 Å². The lowest BCUT2D eigenvalue weighted by molar-refractivity contribution is 0.281. The van der Waals surface area contributed by atoms with Gasteiger partial charge in [-0.25, -0.2) is 13.4 Å². The lowest BCUT2D eigenvalue weighted by Gasteiger charge is -2.30. The molecule has 0 spiro atoms. The van der Waals surface area contributed by atoms with Crippen LogP contribution in [-0.2, 0) is 16.6 Å². The monoisotopic (exact) mass is 380 g/mol. The first-order chi connectivity index (χ1) is 12.3. The van der Waals surface area contributed by atoms with Crippen molar-refractivity contribution < 1.29 is 8.42 Å². The van der Waals surface area contributed by atoms with Gasteiger partial charge < -0.3 is 10.6 Å². The predicted molar refractivity (Wildman–Crippen MR) is 107 cm³/mol. The molecule has 6 nitrogen and oxygen atoms in total. The molecule has 146 valence electrons. The Morgan fingerprint density at radius 3 is 2.58 bits per heavy atom. The molecule has 1 aromatic carbocycles. The van der Waals surface area contributed by atoms with E-state index in [0.717, 1.165) is 30.9 Å². The molecular formula is C19H32N4O2S. The number of sulfonamides is 1. The Kier molecular flexibility index (Phi) is 7.46. The van der Waals surface area contributed by atoms with Gasteiger partial charge in [-0.3, -0.25) is 0 Å². The minimum atomic E-state index is -3.39. The molecule has 1 aliphatic rings. The highest BCUT2D eigenvalue weighted by atomic mass is 32.2. The molecule has 0 aromatic heterocycles. The summed E-state index contributed by atoms with van der Waals surface area (Å²) in [6.07, 6.45) is 2.03. The number of guanidine groups is 1. The first-order valence-corrected chi connectivity index (χ1v) is 10.9. The van der Waals surface area contributed by atoms with Crippen LogP contribution >= 0.6 is 0 Å². The smallest absolute Gasteiger partial charge is 0.243 e.